The number of rotatable bonds is 5. The maximum Gasteiger partial charge on any atom is 0.303 e. The molecule has 114 valence electrons. The molecular formula is C14H17NO6. The number of nitro groups is 1. The van der Waals surface area contributed by atoms with Crippen molar-refractivity contribution in [3.05, 3.63) is 33.9 Å². The van der Waals surface area contributed by atoms with Gasteiger partial charge in [0.25, 0.3) is 5.54 Å². The average molecular weight is 295 g/mol. The van der Waals surface area contributed by atoms with Gasteiger partial charge in [0, 0.05) is 16.4 Å². The van der Waals surface area contributed by atoms with Gasteiger partial charge in [0.1, 0.15) is 11.5 Å². The molecule has 1 aliphatic rings. The molecule has 21 heavy (non-hydrogen) atoms. The van der Waals surface area contributed by atoms with Crippen molar-refractivity contribution in [3.8, 4) is 11.5 Å². The number of hydrogen-bond donors (Lipinski definition) is 1. The topological polar surface area (TPSA) is 98.9 Å². The van der Waals surface area contributed by atoms with E-state index < -0.39 is 22.3 Å². The van der Waals surface area contributed by atoms with Crippen molar-refractivity contribution in [2.75, 3.05) is 13.7 Å². The second kappa shape index (κ2) is 5.59. The summed E-state index contributed by atoms with van der Waals surface area (Å²) >= 11 is 0. The van der Waals surface area contributed by atoms with Gasteiger partial charge in [-0.1, -0.05) is 13.0 Å². The minimum atomic E-state index is -1.46. The lowest BCUT2D eigenvalue weighted by atomic mass is 9.77. The van der Waals surface area contributed by atoms with Crippen molar-refractivity contribution in [1.82, 2.24) is 0 Å². The molecule has 0 saturated heterocycles. The van der Waals surface area contributed by atoms with Gasteiger partial charge in [0.2, 0.25) is 0 Å². The highest BCUT2D eigenvalue weighted by Crippen LogP contribution is 2.40. The third-order valence-electron chi connectivity index (χ3n) is 4.03. The number of methoxy groups -OCH3 is 1. The molecule has 0 aromatic heterocycles. The monoisotopic (exact) mass is 295 g/mol. The van der Waals surface area contributed by atoms with Crippen LogP contribution in [-0.2, 0) is 11.2 Å². The summed E-state index contributed by atoms with van der Waals surface area (Å²) < 4.78 is 10.8. The molecular weight excluding hydrogens is 278 g/mol. The van der Waals surface area contributed by atoms with Crippen LogP contribution in [0.4, 0.5) is 0 Å². The number of hydrogen-bond acceptors (Lipinski definition) is 5. The van der Waals surface area contributed by atoms with Crippen molar-refractivity contribution in [2.45, 2.75) is 25.3 Å². The maximum atomic E-state index is 11.6. The molecule has 0 aliphatic carbocycles. The van der Waals surface area contributed by atoms with Crippen molar-refractivity contribution in [1.29, 1.82) is 0 Å². The Morgan fingerprint density at radius 1 is 1.62 bits per heavy atom. The fraction of sp³-hybridized carbons (Fsp3) is 0.500. The summed E-state index contributed by atoms with van der Waals surface area (Å²) in [6.45, 7) is 1.43. The van der Waals surface area contributed by atoms with E-state index in [1.807, 2.05) is 0 Å². The fourth-order valence-electron chi connectivity index (χ4n) is 2.67. The smallest absolute Gasteiger partial charge is 0.303 e. The van der Waals surface area contributed by atoms with Crippen molar-refractivity contribution in [2.24, 2.45) is 5.92 Å². The van der Waals surface area contributed by atoms with Gasteiger partial charge in [-0.15, -0.1) is 0 Å². The largest absolute Gasteiger partial charge is 0.496 e. The van der Waals surface area contributed by atoms with Gasteiger partial charge in [0.05, 0.1) is 20.0 Å². The molecule has 1 aromatic carbocycles. The second-order valence-electron chi connectivity index (χ2n) is 5.26. The predicted octanol–water partition coefficient (Wildman–Crippen LogP) is 1.76. The van der Waals surface area contributed by atoms with Crippen LogP contribution in [0.5, 0.6) is 11.5 Å². The lowest BCUT2D eigenvalue weighted by molar-refractivity contribution is -0.584. The Morgan fingerprint density at radius 3 is 2.90 bits per heavy atom. The highest BCUT2D eigenvalue weighted by atomic mass is 16.6. The van der Waals surface area contributed by atoms with Crippen LogP contribution in [0.3, 0.4) is 0 Å². The minimum absolute atomic E-state index is 0.0911. The van der Waals surface area contributed by atoms with E-state index in [4.69, 9.17) is 14.6 Å². The summed E-state index contributed by atoms with van der Waals surface area (Å²) in [6.07, 6.45) is -0.192. The standard InChI is InChI=1S/C14H17NO6/c1-9(6-13(16)17)14(15(18)19)7-10-11(20-2)4-3-5-12(10)21-8-14/h3-5,9H,6-8H2,1-2H3,(H,16,17). The van der Waals surface area contributed by atoms with Crippen LogP contribution in [0.1, 0.15) is 18.9 Å². The number of ether oxygens (including phenoxy) is 2. The number of carbonyl (C=O) groups is 1. The summed E-state index contributed by atoms with van der Waals surface area (Å²) in [4.78, 5) is 22.1. The second-order valence-corrected chi connectivity index (χ2v) is 5.26. The highest BCUT2D eigenvalue weighted by molar-refractivity contribution is 5.67. The molecule has 7 heteroatoms. The van der Waals surface area contributed by atoms with Gasteiger partial charge in [-0.2, -0.15) is 0 Å². The van der Waals surface area contributed by atoms with Crippen LogP contribution in [0.25, 0.3) is 0 Å². The molecule has 2 atom stereocenters. The Hall–Kier alpha value is -2.31. The van der Waals surface area contributed by atoms with Crippen molar-refractivity contribution in [3.63, 3.8) is 0 Å². The minimum Gasteiger partial charge on any atom is -0.496 e. The van der Waals surface area contributed by atoms with Crippen LogP contribution in [0.15, 0.2) is 18.2 Å². The van der Waals surface area contributed by atoms with Crippen LogP contribution in [0, 0.1) is 16.0 Å². The molecule has 1 aliphatic heterocycles. The summed E-state index contributed by atoms with van der Waals surface area (Å²) in [7, 11) is 1.48. The Balaban J connectivity index is 2.42. The summed E-state index contributed by atoms with van der Waals surface area (Å²) in [5.74, 6) is -0.659. The van der Waals surface area contributed by atoms with Crippen LogP contribution >= 0.6 is 0 Å². The maximum absolute atomic E-state index is 11.6. The SMILES string of the molecule is COc1cccc2c1CC(C(C)CC(=O)O)([N+](=O)[O-])CO2. The molecule has 1 heterocycles. The molecule has 7 nitrogen and oxygen atoms in total. The summed E-state index contributed by atoms with van der Waals surface area (Å²) in [5.41, 5.74) is -0.847. The molecule has 0 fully saturated rings. The van der Waals surface area contributed by atoms with E-state index in [-0.39, 0.29) is 19.4 Å². The van der Waals surface area contributed by atoms with E-state index >= 15 is 0 Å². The Labute approximate surface area is 121 Å². The number of fused-ring (bicyclic) bond motifs is 1. The predicted molar refractivity (Wildman–Crippen MR) is 73.3 cm³/mol. The van der Waals surface area contributed by atoms with E-state index in [1.165, 1.54) is 7.11 Å². The third kappa shape index (κ3) is 2.63. The Morgan fingerprint density at radius 2 is 2.33 bits per heavy atom. The fourth-order valence-corrected chi connectivity index (χ4v) is 2.67. The third-order valence-corrected chi connectivity index (χ3v) is 4.03. The van der Waals surface area contributed by atoms with E-state index in [1.54, 1.807) is 25.1 Å². The van der Waals surface area contributed by atoms with Crippen LogP contribution in [-0.4, -0.2) is 35.3 Å². The zero-order chi connectivity index (χ0) is 15.6. The lowest BCUT2D eigenvalue weighted by Gasteiger charge is -2.35. The summed E-state index contributed by atoms with van der Waals surface area (Å²) in [6, 6.07) is 5.18. The number of carboxylic acids is 1. The Bertz CT molecular complexity index is 558. The van der Waals surface area contributed by atoms with Gasteiger partial charge in [-0.3, -0.25) is 14.9 Å². The van der Waals surface area contributed by atoms with Gasteiger partial charge in [-0.25, -0.2) is 0 Å². The van der Waals surface area contributed by atoms with Gasteiger partial charge in [0.15, 0.2) is 6.61 Å². The number of nitrogens with zero attached hydrogens (tertiary/aromatic N) is 1. The first-order valence-electron chi connectivity index (χ1n) is 6.55. The summed E-state index contributed by atoms with van der Waals surface area (Å²) in [5, 5.41) is 20.5. The number of benzene rings is 1. The van der Waals surface area contributed by atoms with Crippen LogP contribution < -0.4 is 9.47 Å². The molecule has 0 amide bonds. The van der Waals surface area contributed by atoms with Crippen LogP contribution in [0.2, 0.25) is 0 Å². The van der Waals surface area contributed by atoms with E-state index in [0.717, 1.165) is 0 Å². The molecule has 1 N–H and O–H groups in total. The molecule has 0 spiro atoms. The van der Waals surface area contributed by atoms with E-state index in [0.29, 0.717) is 17.1 Å². The first-order chi connectivity index (χ1) is 9.90. The Kier molecular flexibility index (Phi) is 4.02. The number of aliphatic carboxylic acids is 1. The molecule has 0 radical (unpaired) electrons. The van der Waals surface area contributed by atoms with Gasteiger partial charge in [-0.05, 0) is 12.1 Å². The zero-order valence-corrected chi connectivity index (χ0v) is 11.9. The quantitative estimate of drug-likeness (QED) is 0.656. The number of carboxylic acid groups (broad SMARTS) is 1. The van der Waals surface area contributed by atoms with Crippen molar-refractivity contribution >= 4 is 5.97 Å². The zero-order valence-electron chi connectivity index (χ0n) is 11.9. The first-order valence-corrected chi connectivity index (χ1v) is 6.55. The molecule has 0 saturated carbocycles. The van der Waals surface area contributed by atoms with Crippen molar-refractivity contribution < 1.29 is 24.3 Å². The van der Waals surface area contributed by atoms with E-state index in [2.05, 4.69) is 0 Å². The first kappa shape index (κ1) is 15.1. The molecule has 0 bridgehead atoms. The molecule has 1 aromatic rings. The van der Waals surface area contributed by atoms with Gasteiger partial charge < -0.3 is 14.6 Å². The van der Waals surface area contributed by atoms with Gasteiger partial charge >= 0.3 is 5.97 Å². The highest BCUT2D eigenvalue weighted by Gasteiger charge is 2.53. The average Bonchev–Trinajstić information content (AvgIpc) is 2.44. The van der Waals surface area contributed by atoms with E-state index in [9.17, 15) is 14.9 Å². The normalized spacial score (nSPS) is 21.8. The molecule has 2 unspecified atom stereocenters. The lowest BCUT2D eigenvalue weighted by Crippen LogP contribution is -2.54. The molecule has 2 rings (SSSR count).